The number of hydrazone groups is 1. The maximum atomic E-state index is 12.9. The highest BCUT2D eigenvalue weighted by Gasteiger charge is 2.32. The van der Waals surface area contributed by atoms with Crippen LogP contribution in [-0.4, -0.2) is 22.5 Å². The number of amides is 2. The van der Waals surface area contributed by atoms with Crippen molar-refractivity contribution in [2.75, 3.05) is 0 Å². The van der Waals surface area contributed by atoms with Gasteiger partial charge in [-0.15, -0.1) is 0 Å². The highest BCUT2D eigenvalue weighted by atomic mass is 79.9. The highest BCUT2D eigenvalue weighted by Crippen LogP contribution is 2.29. The Kier molecular flexibility index (Phi) is 6.56. The van der Waals surface area contributed by atoms with E-state index in [2.05, 4.69) is 53.1 Å². The molecular weight excluding hydrogens is 480 g/mol. The molecule has 3 aromatic carbocycles. The van der Waals surface area contributed by atoms with Gasteiger partial charge in [-0.2, -0.15) is 10.1 Å². The van der Waals surface area contributed by atoms with E-state index in [9.17, 15) is 9.59 Å². The van der Waals surface area contributed by atoms with Gasteiger partial charge in [0.15, 0.2) is 0 Å². The van der Waals surface area contributed by atoms with Crippen LogP contribution in [0.5, 0.6) is 5.75 Å². The monoisotopic (exact) mass is 502 g/mol. The van der Waals surface area contributed by atoms with Gasteiger partial charge >= 0.3 is 0 Å². The Balaban J connectivity index is 1.50. The summed E-state index contributed by atoms with van der Waals surface area (Å²) < 4.78 is 6.76. The molecular formula is C27H23BrN2O3. The summed E-state index contributed by atoms with van der Waals surface area (Å²) in [6.07, 6.45) is 1.73. The first-order valence-corrected chi connectivity index (χ1v) is 11.3. The molecule has 0 saturated heterocycles. The summed E-state index contributed by atoms with van der Waals surface area (Å²) in [4.78, 5) is 25.6. The number of halogens is 1. The molecule has 0 atom stereocenters. The molecule has 3 aromatic rings. The fraction of sp³-hybridized carbons (Fsp3) is 0.148. The maximum Gasteiger partial charge on any atom is 0.283 e. The van der Waals surface area contributed by atoms with Crippen LogP contribution in [0.1, 0.15) is 39.5 Å². The Labute approximate surface area is 201 Å². The third-order valence-electron chi connectivity index (χ3n) is 5.22. The predicted octanol–water partition coefficient (Wildman–Crippen LogP) is 6.09. The summed E-state index contributed by atoms with van der Waals surface area (Å²) >= 11 is 3.56. The molecule has 33 heavy (non-hydrogen) atoms. The third kappa shape index (κ3) is 5.12. The molecule has 5 nitrogen and oxygen atoms in total. The van der Waals surface area contributed by atoms with Crippen molar-refractivity contribution in [1.82, 2.24) is 5.01 Å². The number of aryl methyl sites for hydroxylation is 2. The minimum Gasteiger partial charge on any atom is -0.488 e. The first-order chi connectivity index (χ1) is 15.8. The van der Waals surface area contributed by atoms with E-state index in [0.717, 1.165) is 20.6 Å². The van der Waals surface area contributed by atoms with E-state index in [1.54, 1.807) is 37.3 Å². The van der Waals surface area contributed by atoms with Crippen molar-refractivity contribution in [1.29, 1.82) is 0 Å². The lowest BCUT2D eigenvalue weighted by Gasteiger charge is -2.11. The number of hydrogen-bond acceptors (Lipinski definition) is 4. The summed E-state index contributed by atoms with van der Waals surface area (Å²) in [5, 5.41) is 5.11. The van der Waals surface area contributed by atoms with E-state index in [0.29, 0.717) is 29.2 Å². The van der Waals surface area contributed by atoms with E-state index in [1.807, 2.05) is 24.3 Å². The van der Waals surface area contributed by atoms with Gasteiger partial charge in [-0.25, -0.2) is 0 Å². The summed E-state index contributed by atoms with van der Waals surface area (Å²) in [6, 6.07) is 20.6. The topological polar surface area (TPSA) is 59.0 Å². The maximum absolute atomic E-state index is 12.9. The number of nitrogens with zero attached hydrogens (tertiary/aromatic N) is 2. The first kappa shape index (κ1) is 22.7. The van der Waals surface area contributed by atoms with E-state index >= 15 is 0 Å². The minimum absolute atomic E-state index is 0.384. The molecule has 0 bridgehead atoms. The van der Waals surface area contributed by atoms with Crippen LogP contribution in [0.4, 0.5) is 0 Å². The van der Waals surface area contributed by atoms with Crippen molar-refractivity contribution < 1.29 is 14.3 Å². The van der Waals surface area contributed by atoms with Gasteiger partial charge in [-0.1, -0.05) is 53.6 Å². The summed E-state index contributed by atoms with van der Waals surface area (Å²) in [7, 11) is 0. The zero-order valence-corrected chi connectivity index (χ0v) is 20.2. The lowest BCUT2D eigenvalue weighted by Crippen LogP contribution is -2.29. The van der Waals surface area contributed by atoms with E-state index in [-0.39, 0.29) is 0 Å². The van der Waals surface area contributed by atoms with E-state index in [1.165, 1.54) is 11.1 Å². The van der Waals surface area contributed by atoms with Crippen molar-refractivity contribution in [2.45, 2.75) is 27.4 Å². The van der Waals surface area contributed by atoms with Crippen molar-refractivity contribution in [3.63, 3.8) is 0 Å². The Morgan fingerprint density at radius 1 is 1.00 bits per heavy atom. The van der Waals surface area contributed by atoms with Gasteiger partial charge in [0.05, 0.1) is 15.8 Å². The molecule has 0 unspecified atom stereocenters. The second kappa shape index (κ2) is 9.55. The summed E-state index contributed by atoms with van der Waals surface area (Å²) in [6.45, 7) is 6.32. The summed E-state index contributed by atoms with van der Waals surface area (Å²) in [5.41, 5.74) is 5.60. The molecule has 4 rings (SSSR count). The number of ether oxygens (including phenoxy) is 1. The molecule has 0 fully saturated rings. The number of imide groups is 1. The van der Waals surface area contributed by atoms with Crippen molar-refractivity contribution in [2.24, 2.45) is 5.10 Å². The Morgan fingerprint density at radius 3 is 2.36 bits per heavy atom. The normalized spacial score (nSPS) is 14.5. The van der Waals surface area contributed by atoms with E-state index in [4.69, 9.17) is 4.74 Å². The van der Waals surface area contributed by atoms with Crippen LogP contribution < -0.4 is 4.74 Å². The Morgan fingerprint density at radius 2 is 1.70 bits per heavy atom. The van der Waals surface area contributed by atoms with Crippen LogP contribution >= 0.6 is 15.9 Å². The fourth-order valence-electron chi connectivity index (χ4n) is 3.73. The molecule has 0 aromatic heterocycles. The number of carbonyl (C=O) groups is 2. The van der Waals surface area contributed by atoms with Gasteiger partial charge in [0.2, 0.25) is 0 Å². The lowest BCUT2D eigenvalue weighted by atomic mass is 10.1. The van der Waals surface area contributed by atoms with Gasteiger partial charge in [0.1, 0.15) is 12.4 Å². The smallest absolute Gasteiger partial charge is 0.283 e. The molecule has 1 heterocycles. The van der Waals surface area contributed by atoms with Crippen molar-refractivity contribution in [3.8, 4) is 5.75 Å². The van der Waals surface area contributed by atoms with E-state index < -0.39 is 11.8 Å². The van der Waals surface area contributed by atoms with Crippen molar-refractivity contribution in [3.05, 3.63) is 105 Å². The molecule has 0 aliphatic carbocycles. The molecule has 2 amide bonds. The molecule has 166 valence electrons. The van der Waals surface area contributed by atoms with Gasteiger partial charge in [0, 0.05) is 5.56 Å². The summed E-state index contributed by atoms with van der Waals surface area (Å²) in [5.74, 6) is -0.174. The number of hydrogen-bond donors (Lipinski definition) is 0. The molecule has 1 aliphatic heterocycles. The van der Waals surface area contributed by atoms with Crippen molar-refractivity contribution >= 4 is 39.5 Å². The van der Waals surface area contributed by atoms with Crippen LogP contribution in [0.3, 0.4) is 0 Å². The molecule has 1 aliphatic rings. The Bertz CT molecular complexity index is 1280. The van der Waals surface area contributed by atoms with Crippen LogP contribution in [-0.2, 0) is 11.4 Å². The minimum atomic E-state index is -0.445. The predicted molar refractivity (Wildman–Crippen MR) is 133 cm³/mol. The quantitative estimate of drug-likeness (QED) is 0.313. The highest BCUT2D eigenvalue weighted by molar-refractivity contribution is 9.10. The molecule has 0 N–H and O–H groups in total. The van der Waals surface area contributed by atoms with Gasteiger partial charge in [-0.3, -0.25) is 9.59 Å². The average Bonchev–Trinajstić information content (AvgIpc) is 3.06. The number of rotatable bonds is 5. The standard InChI is InChI=1S/C27H23BrN2O3/c1-17-11-18(2)13-21(12-17)16-33-25-10-9-20(15-24(25)28)14-23-19(3)29-30(27(23)32)26(31)22-7-5-4-6-8-22/h4-15H,16H2,1-3H3/b23-14+. The number of carbonyl (C=O) groups excluding carboxylic acids is 2. The lowest BCUT2D eigenvalue weighted by molar-refractivity contribution is -0.123. The fourth-order valence-corrected chi connectivity index (χ4v) is 4.24. The molecule has 0 saturated carbocycles. The van der Waals surface area contributed by atoms with Crippen LogP contribution in [0.25, 0.3) is 6.08 Å². The largest absolute Gasteiger partial charge is 0.488 e. The molecule has 0 radical (unpaired) electrons. The number of benzene rings is 3. The second-order valence-electron chi connectivity index (χ2n) is 8.01. The van der Waals surface area contributed by atoms with Gasteiger partial charge in [-0.05, 0) is 78.2 Å². The van der Waals surface area contributed by atoms with Crippen LogP contribution in [0.15, 0.2) is 81.9 Å². The molecule has 0 spiro atoms. The van der Waals surface area contributed by atoms with Crippen LogP contribution in [0, 0.1) is 13.8 Å². The van der Waals surface area contributed by atoms with Gasteiger partial charge < -0.3 is 4.74 Å². The third-order valence-corrected chi connectivity index (χ3v) is 5.84. The average molecular weight is 503 g/mol. The second-order valence-corrected chi connectivity index (χ2v) is 8.86. The SMILES string of the molecule is CC1=NN(C(=O)c2ccccc2)C(=O)/C1=C/c1ccc(OCc2cc(C)cc(C)c2)c(Br)c1. The zero-order valence-electron chi connectivity index (χ0n) is 18.6. The Hall–Kier alpha value is -3.51. The van der Waals surface area contributed by atoms with Gasteiger partial charge in [0.25, 0.3) is 11.8 Å². The molecule has 6 heteroatoms. The zero-order chi connectivity index (χ0) is 23.5. The first-order valence-electron chi connectivity index (χ1n) is 10.5. The van der Waals surface area contributed by atoms with Crippen LogP contribution in [0.2, 0.25) is 0 Å².